The van der Waals surface area contributed by atoms with Crippen LogP contribution in [0.15, 0.2) is 53.1 Å². The molecule has 3 aromatic rings. The van der Waals surface area contributed by atoms with Crippen LogP contribution in [0.5, 0.6) is 0 Å². The van der Waals surface area contributed by atoms with Gasteiger partial charge in [0.25, 0.3) is 0 Å². The lowest BCUT2D eigenvalue weighted by Gasteiger charge is -2.15. The van der Waals surface area contributed by atoms with E-state index in [9.17, 15) is 4.79 Å². The first-order chi connectivity index (χ1) is 12.1. The van der Waals surface area contributed by atoms with Gasteiger partial charge in [-0.05, 0) is 37.3 Å². The largest absolute Gasteiger partial charge is 0.339 e. The molecule has 4 rings (SSSR count). The van der Waals surface area contributed by atoms with Crippen molar-refractivity contribution in [2.24, 2.45) is 0 Å². The van der Waals surface area contributed by atoms with E-state index in [0.29, 0.717) is 29.7 Å². The molecule has 0 bridgehead atoms. The number of rotatable bonds is 3. The molecule has 5 nitrogen and oxygen atoms in total. The number of carbonyl (C=O) groups is 1. The fraction of sp³-hybridized carbons (Fsp3) is 0.211. The minimum atomic E-state index is -0.103. The summed E-state index contributed by atoms with van der Waals surface area (Å²) in [5.41, 5.74) is 2.87. The summed E-state index contributed by atoms with van der Waals surface area (Å²) < 4.78 is 5.43. The van der Waals surface area contributed by atoms with Crippen molar-refractivity contribution in [3.63, 3.8) is 0 Å². The molecule has 0 aliphatic carbocycles. The van der Waals surface area contributed by atoms with Crippen molar-refractivity contribution in [2.45, 2.75) is 19.3 Å². The third-order valence-corrected chi connectivity index (χ3v) is 4.58. The predicted molar refractivity (Wildman–Crippen MR) is 95.6 cm³/mol. The van der Waals surface area contributed by atoms with Gasteiger partial charge >= 0.3 is 0 Å². The van der Waals surface area contributed by atoms with E-state index < -0.39 is 0 Å². The highest BCUT2D eigenvalue weighted by molar-refractivity contribution is 6.30. The molecule has 0 radical (unpaired) electrons. The third-order valence-electron chi connectivity index (χ3n) is 4.33. The molecule has 1 amide bonds. The minimum Gasteiger partial charge on any atom is -0.339 e. The second-order valence-corrected chi connectivity index (χ2v) is 6.64. The molecule has 1 atom stereocenters. The van der Waals surface area contributed by atoms with Gasteiger partial charge in [0.2, 0.25) is 17.6 Å². The number of aryl methyl sites for hydroxylation is 1. The number of anilines is 1. The van der Waals surface area contributed by atoms with Gasteiger partial charge < -0.3 is 9.42 Å². The van der Waals surface area contributed by atoms with Crippen LogP contribution in [0.25, 0.3) is 11.4 Å². The Bertz CT molecular complexity index is 920. The molecule has 1 aromatic heterocycles. The quantitative estimate of drug-likeness (QED) is 0.707. The maximum absolute atomic E-state index is 12.4. The molecule has 0 N–H and O–H groups in total. The Labute approximate surface area is 150 Å². The summed E-state index contributed by atoms with van der Waals surface area (Å²) in [6.45, 7) is 2.54. The summed E-state index contributed by atoms with van der Waals surface area (Å²) in [5, 5.41) is 4.72. The molecule has 1 fully saturated rings. The summed E-state index contributed by atoms with van der Waals surface area (Å²) >= 11 is 5.91. The van der Waals surface area contributed by atoms with Crippen LogP contribution >= 0.6 is 11.6 Å². The van der Waals surface area contributed by atoms with E-state index in [4.69, 9.17) is 16.1 Å². The average molecular weight is 354 g/mol. The zero-order valence-corrected chi connectivity index (χ0v) is 14.4. The van der Waals surface area contributed by atoms with Crippen molar-refractivity contribution < 1.29 is 9.32 Å². The number of hydrogen-bond donors (Lipinski definition) is 0. The number of benzene rings is 2. The lowest BCUT2D eigenvalue weighted by Crippen LogP contribution is -2.24. The Kier molecular flexibility index (Phi) is 4.01. The highest BCUT2D eigenvalue weighted by Crippen LogP contribution is 2.32. The normalized spacial score (nSPS) is 17.3. The number of nitrogens with zero attached hydrogens (tertiary/aromatic N) is 3. The summed E-state index contributed by atoms with van der Waals surface area (Å²) in [5.74, 6) is 0.995. The first kappa shape index (κ1) is 15.8. The Hall–Kier alpha value is -2.66. The van der Waals surface area contributed by atoms with Crippen LogP contribution in [0.3, 0.4) is 0 Å². The average Bonchev–Trinajstić information content (AvgIpc) is 3.23. The van der Waals surface area contributed by atoms with E-state index >= 15 is 0 Å². The molecule has 25 heavy (non-hydrogen) atoms. The van der Waals surface area contributed by atoms with Crippen LogP contribution in [0.1, 0.15) is 23.8 Å². The number of halogens is 1. The molecule has 2 aromatic carbocycles. The Morgan fingerprint density at radius 2 is 2.00 bits per heavy atom. The first-order valence-corrected chi connectivity index (χ1v) is 8.44. The summed E-state index contributed by atoms with van der Waals surface area (Å²) in [4.78, 5) is 18.6. The summed E-state index contributed by atoms with van der Waals surface area (Å²) in [6, 6.07) is 15.2. The summed E-state index contributed by atoms with van der Waals surface area (Å²) in [6.07, 6.45) is 0.359. The Morgan fingerprint density at radius 3 is 2.76 bits per heavy atom. The molecular formula is C19H16ClN3O2. The van der Waals surface area contributed by atoms with E-state index in [-0.39, 0.29) is 11.8 Å². The monoisotopic (exact) mass is 353 g/mol. The molecule has 6 heteroatoms. The van der Waals surface area contributed by atoms with Gasteiger partial charge in [-0.3, -0.25) is 4.79 Å². The zero-order valence-electron chi connectivity index (χ0n) is 13.6. The molecule has 1 aliphatic heterocycles. The molecule has 0 saturated carbocycles. The van der Waals surface area contributed by atoms with Gasteiger partial charge in [-0.15, -0.1) is 0 Å². The van der Waals surface area contributed by atoms with E-state index in [1.54, 1.807) is 17.0 Å². The van der Waals surface area contributed by atoms with Crippen LogP contribution in [-0.2, 0) is 4.79 Å². The fourth-order valence-corrected chi connectivity index (χ4v) is 3.17. The first-order valence-electron chi connectivity index (χ1n) is 8.07. The number of hydrogen-bond acceptors (Lipinski definition) is 4. The van der Waals surface area contributed by atoms with Crippen LogP contribution in [0, 0.1) is 6.92 Å². The number of amides is 1. The number of carbonyl (C=O) groups excluding carboxylic acids is 1. The van der Waals surface area contributed by atoms with E-state index in [2.05, 4.69) is 10.1 Å². The van der Waals surface area contributed by atoms with Gasteiger partial charge in [0.15, 0.2) is 0 Å². The number of aromatic nitrogens is 2. The predicted octanol–water partition coefficient (Wildman–Crippen LogP) is 4.22. The highest BCUT2D eigenvalue weighted by atomic mass is 35.5. The lowest BCUT2D eigenvalue weighted by atomic mass is 10.1. The van der Waals surface area contributed by atoms with Gasteiger partial charge in [-0.25, -0.2) is 0 Å². The van der Waals surface area contributed by atoms with Crippen LogP contribution in [0.2, 0.25) is 5.02 Å². The van der Waals surface area contributed by atoms with Crippen LogP contribution < -0.4 is 4.90 Å². The molecule has 1 aliphatic rings. The van der Waals surface area contributed by atoms with E-state index in [1.165, 1.54) is 0 Å². The van der Waals surface area contributed by atoms with Crippen LogP contribution in [0.4, 0.5) is 5.69 Å². The smallest absolute Gasteiger partial charge is 0.232 e. The molecule has 0 unspecified atom stereocenters. The van der Waals surface area contributed by atoms with Gasteiger partial charge in [0.05, 0.1) is 5.92 Å². The van der Waals surface area contributed by atoms with E-state index in [0.717, 1.165) is 16.8 Å². The molecule has 126 valence electrons. The highest BCUT2D eigenvalue weighted by Gasteiger charge is 2.35. The second kappa shape index (κ2) is 6.33. The van der Waals surface area contributed by atoms with Crippen molar-refractivity contribution >= 4 is 23.2 Å². The molecule has 2 heterocycles. The van der Waals surface area contributed by atoms with Crippen molar-refractivity contribution in [3.05, 3.63) is 65.0 Å². The third kappa shape index (κ3) is 3.15. The van der Waals surface area contributed by atoms with Crippen molar-refractivity contribution in [2.75, 3.05) is 11.4 Å². The Balaban J connectivity index is 1.55. The minimum absolute atomic E-state index is 0.0441. The molecular weight excluding hydrogens is 338 g/mol. The van der Waals surface area contributed by atoms with Gasteiger partial charge in [-0.1, -0.05) is 40.5 Å². The standard InChI is InChI=1S/C19H16ClN3O2/c1-12-3-2-4-13(9-12)18-21-19(25-22-18)14-10-17(24)23(11-14)16-7-5-15(20)6-8-16/h2-9,14H,10-11H2,1H3/t14-/m1/s1. The summed E-state index contributed by atoms with van der Waals surface area (Å²) in [7, 11) is 0. The topological polar surface area (TPSA) is 59.2 Å². The van der Waals surface area contributed by atoms with Gasteiger partial charge in [0, 0.05) is 29.2 Å². The van der Waals surface area contributed by atoms with E-state index in [1.807, 2.05) is 43.3 Å². The van der Waals surface area contributed by atoms with Crippen molar-refractivity contribution in [1.82, 2.24) is 10.1 Å². The van der Waals surface area contributed by atoms with Gasteiger partial charge in [-0.2, -0.15) is 4.98 Å². The SMILES string of the molecule is Cc1cccc(-c2noc([C@@H]3CC(=O)N(c4ccc(Cl)cc4)C3)n2)c1. The second-order valence-electron chi connectivity index (χ2n) is 6.21. The lowest BCUT2D eigenvalue weighted by molar-refractivity contribution is -0.117. The zero-order chi connectivity index (χ0) is 17.4. The Morgan fingerprint density at radius 1 is 1.20 bits per heavy atom. The molecule has 0 spiro atoms. The van der Waals surface area contributed by atoms with Crippen molar-refractivity contribution in [1.29, 1.82) is 0 Å². The maximum atomic E-state index is 12.4. The fourth-order valence-electron chi connectivity index (χ4n) is 3.05. The van der Waals surface area contributed by atoms with Crippen LogP contribution in [-0.4, -0.2) is 22.6 Å². The molecule has 1 saturated heterocycles. The van der Waals surface area contributed by atoms with Gasteiger partial charge in [0.1, 0.15) is 0 Å². The van der Waals surface area contributed by atoms with Crippen molar-refractivity contribution in [3.8, 4) is 11.4 Å². The maximum Gasteiger partial charge on any atom is 0.232 e.